The number of hydrogen-bond acceptors (Lipinski definition) is 3. The van der Waals surface area contributed by atoms with E-state index in [0.717, 1.165) is 12.8 Å². The van der Waals surface area contributed by atoms with E-state index in [4.69, 9.17) is 5.11 Å². The molecule has 5 heteroatoms. The van der Waals surface area contributed by atoms with Crippen LogP contribution in [0.1, 0.15) is 71.1 Å². The molecular weight excluding hydrogens is 318 g/mol. The van der Waals surface area contributed by atoms with Crippen LogP contribution in [0.4, 0.5) is 0 Å². The third kappa shape index (κ3) is 16.5. The van der Waals surface area contributed by atoms with Gasteiger partial charge in [-0.25, -0.2) is 0 Å². The molecule has 140 valence electrons. The molecule has 0 saturated carbocycles. The van der Waals surface area contributed by atoms with Crippen LogP contribution in [0.2, 0.25) is 0 Å². The van der Waals surface area contributed by atoms with Crippen LogP contribution >= 0.6 is 0 Å². The van der Waals surface area contributed by atoms with E-state index in [2.05, 4.69) is 19.1 Å². The molecule has 5 nitrogen and oxygen atoms in total. The minimum Gasteiger partial charge on any atom is -0.481 e. The first kappa shape index (κ1) is 22.8. The number of unbranched alkanes of at least 4 members (excludes halogenated alkanes) is 4. The largest absolute Gasteiger partial charge is 0.481 e. The van der Waals surface area contributed by atoms with Crippen molar-refractivity contribution in [2.75, 3.05) is 0 Å². The molecule has 0 rings (SSSR count). The Morgan fingerprint density at radius 2 is 1.60 bits per heavy atom. The summed E-state index contributed by atoms with van der Waals surface area (Å²) in [6, 6.07) is 0. The van der Waals surface area contributed by atoms with E-state index < -0.39 is 5.97 Å². The highest BCUT2D eigenvalue weighted by Gasteiger charge is 2.06. The second kappa shape index (κ2) is 16.7. The predicted octanol–water partition coefficient (Wildman–Crippen LogP) is 5.82. The van der Waals surface area contributed by atoms with E-state index in [1.54, 1.807) is 18.2 Å². The maximum Gasteiger partial charge on any atom is 0.303 e. The lowest BCUT2D eigenvalue weighted by Gasteiger charge is -1.94. The smallest absolute Gasteiger partial charge is 0.303 e. The molecule has 1 N–H and O–H groups in total. The van der Waals surface area contributed by atoms with Crippen molar-refractivity contribution in [2.45, 2.75) is 71.1 Å². The van der Waals surface area contributed by atoms with Crippen molar-refractivity contribution in [3.63, 3.8) is 0 Å². The van der Waals surface area contributed by atoms with Crippen LogP contribution in [0.3, 0.4) is 0 Å². The van der Waals surface area contributed by atoms with Gasteiger partial charge in [-0.3, -0.25) is 14.9 Å². The maximum atomic E-state index is 11.0. The minimum absolute atomic E-state index is 0.125. The van der Waals surface area contributed by atoms with Gasteiger partial charge in [-0.15, -0.1) is 0 Å². The molecule has 0 aliphatic heterocycles. The summed E-state index contributed by atoms with van der Waals surface area (Å²) in [5.74, 6) is -0.818. The van der Waals surface area contributed by atoms with Crippen LogP contribution in [0, 0.1) is 10.1 Å². The van der Waals surface area contributed by atoms with Gasteiger partial charge < -0.3 is 5.11 Å². The summed E-state index contributed by atoms with van der Waals surface area (Å²) in [7, 11) is 0. The molecule has 0 fully saturated rings. The number of carbonyl (C=O) groups is 1. The van der Waals surface area contributed by atoms with Gasteiger partial charge in [0.25, 0.3) is 0 Å². The lowest BCUT2D eigenvalue weighted by Crippen LogP contribution is -1.97. The topological polar surface area (TPSA) is 80.4 Å². The van der Waals surface area contributed by atoms with Gasteiger partial charge in [-0.1, -0.05) is 56.2 Å². The molecule has 0 unspecified atom stereocenters. The summed E-state index contributed by atoms with van der Waals surface area (Å²) >= 11 is 0. The molecule has 0 saturated heterocycles. The highest BCUT2D eigenvalue weighted by Crippen LogP contribution is 2.07. The molecule has 0 aromatic rings. The quantitative estimate of drug-likeness (QED) is 0.175. The maximum absolute atomic E-state index is 11.0. The lowest BCUT2D eigenvalue weighted by molar-refractivity contribution is -0.427. The van der Waals surface area contributed by atoms with Crippen LogP contribution in [0.15, 0.2) is 48.2 Å². The zero-order chi connectivity index (χ0) is 18.8. The minimum atomic E-state index is -0.818. The summed E-state index contributed by atoms with van der Waals surface area (Å²) in [5.41, 5.74) is 0.175. The van der Waals surface area contributed by atoms with Crippen LogP contribution in [-0.2, 0) is 4.79 Å². The average molecular weight is 349 g/mol. The molecule has 0 spiro atoms. The molecule has 25 heavy (non-hydrogen) atoms. The fraction of sp³-hybridized carbons (Fsp3) is 0.550. The number of hydrogen-bond donors (Lipinski definition) is 1. The van der Waals surface area contributed by atoms with Crippen molar-refractivity contribution in [3.8, 4) is 0 Å². The van der Waals surface area contributed by atoms with Crippen molar-refractivity contribution < 1.29 is 14.8 Å². The molecule has 0 aliphatic rings. The number of carboxylic acids is 1. The second-order valence-corrected chi connectivity index (χ2v) is 5.82. The van der Waals surface area contributed by atoms with Crippen LogP contribution < -0.4 is 0 Å². The van der Waals surface area contributed by atoms with E-state index in [1.165, 1.54) is 19.3 Å². The van der Waals surface area contributed by atoms with Gasteiger partial charge in [-0.2, -0.15) is 0 Å². The molecule has 0 bridgehead atoms. The molecule has 0 aliphatic carbocycles. The van der Waals surface area contributed by atoms with Gasteiger partial charge in [0.1, 0.15) is 0 Å². The van der Waals surface area contributed by atoms with Gasteiger partial charge in [0, 0.05) is 6.42 Å². The van der Waals surface area contributed by atoms with E-state index in [0.29, 0.717) is 19.3 Å². The first-order chi connectivity index (χ1) is 12.1. The van der Waals surface area contributed by atoms with E-state index in [1.807, 2.05) is 12.2 Å². The Morgan fingerprint density at radius 3 is 2.28 bits per heavy atom. The Hall–Kier alpha value is -2.17. The zero-order valence-electron chi connectivity index (χ0n) is 15.2. The summed E-state index contributed by atoms with van der Waals surface area (Å²) in [6.45, 7) is 2.19. The Balaban J connectivity index is 4.02. The Bertz CT molecular complexity index is 490. The van der Waals surface area contributed by atoms with Crippen LogP contribution in [0.5, 0.6) is 0 Å². The highest BCUT2D eigenvalue weighted by atomic mass is 16.6. The Kier molecular flexibility index (Phi) is 15.2. The Labute approximate surface area is 151 Å². The molecule has 0 aromatic carbocycles. The third-order valence-corrected chi connectivity index (χ3v) is 3.56. The van der Waals surface area contributed by atoms with Gasteiger partial charge in [0.05, 0.1) is 11.3 Å². The molecule has 0 aromatic heterocycles. The number of rotatable bonds is 15. The average Bonchev–Trinajstić information content (AvgIpc) is 2.57. The normalized spacial score (nSPS) is 12.6. The van der Waals surface area contributed by atoms with Gasteiger partial charge >= 0.3 is 5.97 Å². The lowest BCUT2D eigenvalue weighted by atomic mass is 10.2. The monoisotopic (exact) mass is 349 g/mol. The summed E-state index contributed by atoms with van der Waals surface area (Å²) < 4.78 is 0. The van der Waals surface area contributed by atoms with Gasteiger partial charge in [0.15, 0.2) is 0 Å². The fourth-order valence-corrected chi connectivity index (χ4v) is 2.13. The van der Waals surface area contributed by atoms with Gasteiger partial charge in [-0.05, 0) is 44.6 Å². The summed E-state index contributed by atoms with van der Waals surface area (Å²) in [6.07, 6.45) is 21.3. The van der Waals surface area contributed by atoms with E-state index in [-0.39, 0.29) is 23.5 Å². The summed E-state index contributed by atoms with van der Waals surface area (Å²) in [5, 5.41) is 19.5. The molecular formula is C20H31NO4. The Morgan fingerprint density at radius 1 is 0.960 bits per heavy atom. The van der Waals surface area contributed by atoms with Crippen LogP contribution in [-0.4, -0.2) is 16.0 Å². The zero-order valence-corrected chi connectivity index (χ0v) is 15.2. The first-order valence-electron chi connectivity index (χ1n) is 9.08. The van der Waals surface area contributed by atoms with Crippen molar-refractivity contribution in [3.05, 3.63) is 58.3 Å². The first-order valence-corrected chi connectivity index (χ1v) is 9.08. The second-order valence-electron chi connectivity index (χ2n) is 5.82. The van der Waals surface area contributed by atoms with Crippen molar-refractivity contribution in [1.82, 2.24) is 0 Å². The molecule has 0 heterocycles. The third-order valence-electron chi connectivity index (χ3n) is 3.56. The number of aliphatic carboxylic acids is 1. The predicted molar refractivity (Wildman–Crippen MR) is 102 cm³/mol. The molecule has 0 atom stereocenters. The molecule has 0 radical (unpaired) electrons. The standard InChI is InChI=1S/C20H31NO4/c1-2-3-4-5-6-7-8-9-10-13-16-19(21(24)25)17-14-11-12-15-18-20(22)23/h6-7,9-11,14,16H,2-5,8,12-13,15,17-18H2,1H3,(H,22,23). The van der Waals surface area contributed by atoms with E-state index >= 15 is 0 Å². The number of nitro groups is 1. The van der Waals surface area contributed by atoms with Gasteiger partial charge in [0.2, 0.25) is 5.70 Å². The number of nitrogens with zero attached hydrogens (tertiary/aromatic N) is 1. The van der Waals surface area contributed by atoms with Crippen molar-refractivity contribution >= 4 is 5.97 Å². The molecule has 0 amide bonds. The van der Waals surface area contributed by atoms with Crippen molar-refractivity contribution in [1.29, 1.82) is 0 Å². The number of allylic oxidation sites excluding steroid dienone is 7. The SMILES string of the molecule is CCCCCC=CCC=CCC=C(CC=CCCCC(=O)O)[N+](=O)[O-]. The van der Waals surface area contributed by atoms with Crippen LogP contribution in [0.25, 0.3) is 0 Å². The number of carboxylic acid groups (broad SMARTS) is 1. The summed E-state index contributed by atoms with van der Waals surface area (Å²) in [4.78, 5) is 21.0. The fourth-order valence-electron chi connectivity index (χ4n) is 2.13. The van der Waals surface area contributed by atoms with Crippen molar-refractivity contribution in [2.24, 2.45) is 0 Å². The van der Waals surface area contributed by atoms with E-state index in [9.17, 15) is 14.9 Å². The highest BCUT2D eigenvalue weighted by molar-refractivity contribution is 5.66.